The summed E-state index contributed by atoms with van der Waals surface area (Å²) in [4.78, 5) is 19.7. The highest BCUT2D eigenvalue weighted by Gasteiger charge is 2.20. The highest BCUT2D eigenvalue weighted by Crippen LogP contribution is 2.28. The summed E-state index contributed by atoms with van der Waals surface area (Å²) in [6, 6.07) is 18.4. The minimum Gasteiger partial charge on any atom is -0.347 e. The van der Waals surface area contributed by atoms with E-state index in [1.165, 1.54) is 22.5 Å². The van der Waals surface area contributed by atoms with Crippen molar-refractivity contribution in [3.63, 3.8) is 0 Å². The SMILES string of the molecule is O=C(NCc1ccccc1)c1cnc(N2CCc3ccccc3C2)s1. The highest BCUT2D eigenvalue weighted by molar-refractivity contribution is 7.17. The molecule has 0 spiro atoms. The first-order valence-electron chi connectivity index (χ1n) is 8.39. The van der Waals surface area contributed by atoms with Gasteiger partial charge in [-0.2, -0.15) is 0 Å². The molecule has 126 valence electrons. The third-order valence-electron chi connectivity index (χ3n) is 4.41. The van der Waals surface area contributed by atoms with Gasteiger partial charge in [0.1, 0.15) is 4.88 Å². The molecule has 1 N–H and O–H groups in total. The highest BCUT2D eigenvalue weighted by atomic mass is 32.1. The number of fused-ring (bicyclic) bond motifs is 1. The molecular weight excluding hydrogens is 330 g/mol. The van der Waals surface area contributed by atoms with Crippen molar-refractivity contribution >= 4 is 22.4 Å². The monoisotopic (exact) mass is 349 g/mol. The Bertz CT molecular complexity index is 875. The molecule has 3 aromatic rings. The molecule has 25 heavy (non-hydrogen) atoms. The third-order valence-corrected chi connectivity index (χ3v) is 5.47. The molecular formula is C20H19N3OS. The number of amides is 1. The van der Waals surface area contributed by atoms with Gasteiger partial charge < -0.3 is 10.2 Å². The summed E-state index contributed by atoms with van der Waals surface area (Å²) in [5.74, 6) is -0.0648. The van der Waals surface area contributed by atoms with E-state index in [0.717, 1.165) is 30.2 Å². The molecule has 0 atom stereocenters. The molecule has 0 radical (unpaired) electrons. The van der Waals surface area contributed by atoms with Crippen LogP contribution in [0.25, 0.3) is 0 Å². The second-order valence-electron chi connectivity index (χ2n) is 6.12. The summed E-state index contributed by atoms with van der Waals surface area (Å²) in [5, 5.41) is 3.88. The number of carbonyl (C=O) groups excluding carboxylic acids is 1. The van der Waals surface area contributed by atoms with Gasteiger partial charge in [0, 0.05) is 19.6 Å². The van der Waals surface area contributed by atoms with Crippen molar-refractivity contribution < 1.29 is 4.79 Å². The quantitative estimate of drug-likeness (QED) is 0.782. The smallest absolute Gasteiger partial charge is 0.263 e. The van der Waals surface area contributed by atoms with Gasteiger partial charge in [-0.25, -0.2) is 4.98 Å². The fourth-order valence-electron chi connectivity index (χ4n) is 3.04. The van der Waals surface area contributed by atoms with E-state index in [9.17, 15) is 4.79 Å². The normalized spacial score (nSPS) is 13.4. The number of aromatic nitrogens is 1. The number of nitrogens with zero attached hydrogens (tertiary/aromatic N) is 2. The molecule has 0 saturated heterocycles. The molecule has 5 heteroatoms. The summed E-state index contributed by atoms with van der Waals surface area (Å²) >= 11 is 1.46. The second kappa shape index (κ2) is 7.07. The van der Waals surface area contributed by atoms with E-state index < -0.39 is 0 Å². The standard InChI is InChI=1S/C20H19N3OS/c24-19(21-12-15-6-2-1-3-7-15)18-13-22-20(25-18)23-11-10-16-8-4-5-9-17(16)14-23/h1-9,13H,10-12,14H2,(H,21,24). The summed E-state index contributed by atoms with van der Waals surface area (Å²) < 4.78 is 0. The summed E-state index contributed by atoms with van der Waals surface area (Å²) in [7, 11) is 0. The van der Waals surface area contributed by atoms with Gasteiger partial charge in [-0.1, -0.05) is 65.9 Å². The fourth-order valence-corrected chi connectivity index (χ4v) is 3.90. The number of hydrogen-bond donors (Lipinski definition) is 1. The zero-order valence-corrected chi connectivity index (χ0v) is 14.6. The van der Waals surface area contributed by atoms with Gasteiger partial charge in [-0.3, -0.25) is 4.79 Å². The molecule has 0 saturated carbocycles. The minimum atomic E-state index is -0.0648. The van der Waals surface area contributed by atoms with Crippen LogP contribution in [0.1, 0.15) is 26.4 Å². The summed E-state index contributed by atoms with van der Waals surface area (Å²) in [6.07, 6.45) is 2.70. The first-order valence-corrected chi connectivity index (χ1v) is 9.21. The van der Waals surface area contributed by atoms with E-state index in [2.05, 4.69) is 39.5 Å². The lowest BCUT2D eigenvalue weighted by molar-refractivity contribution is 0.0955. The van der Waals surface area contributed by atoms with Gasteiger partial charge in [0.05, 0.1) is 6.20 Å². The van der Waals surface area contributed by atoms with Crippen molar-refractivity contribution in [2.75, 3.05) is 11.4 Å². The summed E-state index contributed by atoms with van der Waals surface area (Å²) in [5.41, 5.74) is 3.85. The number of hydrogen-bond acceptors (Lipinski definition) is 4. The molecule has 1 aliphatic heterocycles. The Morgan fingerprint density at radius 2 is 1.84 bits per heavy atom. The van der Waals surface area contributed by atoms with Crippen LogP contribution in [0.2, 0.25) is 0 Å². The topological polar surface area (TPSA) is 45.2 Å². The van der Waals surface area contributed by atoms with E-state index in [0.29, 0.717) is 11.4 Å². The average Bonchev–Trinajstić information content (AvgIpc) is 3.17. The molecule has 4 nitrogen and oxygen atoms in total. The first-order chi connectivity index (χ1) is 12.3. The maximum atomic E-state index is 12.4. The van der Waals surface area contributed by atoms with Crippen molar-refractivity contribution in [3.8, 4) is 0 Å². The molecule has 4 rings (SSSR count). The van der Waals surface area contributed by atoms with Crippen molar-refractivity contribution in [2.24, 2.45) is 0 Å². The Morgan fingerprint density at radius 1 is 1.08 bits per heavy atom. The lowest BCUT2D eigenvalue weighted by Gasteiger charge is -2.28. The van der Waals surface area contributed by atoms with Crippen LogP contribution in [0.15, 0.2) is 60.8 Å². The van der Waals surface area contributed by atoms with Crippen LogP contribution in [0, 0.1) is 0 Å². The van der Waals surface area contributed by atoms with Crippen LogP contribution < -0.4 is 10.2 Å². The van der Waals surface area contributed by atoms with Gasteiger partial charge in [-0.05, 0) is 23.1 Å². The van der Waals surface area contributed by atoms with Crippen LogP contribution in [0.4, 0.5) is 5.13 Å². The Hall–Kier alpha value is -2.66. The Balaban J connectivity index is 1.41. The van der Waals surface area contributed by atoms with Crippen LogP contribution in [0.3, 0.4) is 0 Å². The third kappa shape index (κ3) is 3.56. The van der Waals surface area contributed by atoms with E-state index in [1.54, 1.807) is 6.20 Å². The van der Waals surface area contributed by atoms with Gasteiger partial charge >= 0.3 is 0 Å². The van der Waals surface area contributed by atoms with Crippen LogP contribution in [-0.4, -0.2) is 17.4 Å². The van der Waals surface area contributed by atoms with Gasteiger partial charge in [0.15, 0.2) is 5.13 Å². The zero-order valence-electron chi connectivity index (χ0n) is 13.8. The average molecular weight is 349 g/mol. The van der Waals surface area contributed by atoms with E-state index >= 15 is 0 Å². The predicted octanol–water partition coefficient (Wildman–Crippen LogP) is 3.64. The Morgan fingerprint density at radius 3 is 2.68 bits per heavy atom. The second-order valence-corrected chi connectivity index (χ2v) is 7.12. The number of anilines is 1. The predicted molar refractivity (Wildman–Crippen MR) is 101 cm³/mol. The molecule has 0 fully saturated rings. The van der Waals surface area contributed by atoms with Crippen LogP contribution in [-0.2, 0) is 19.5 Å². The molecule has 2 aromatic carbocycles. The van der Waals surface area contributed by atoms with Gasteiger partial charge in [0.25, 0.3) is 5.91 Å². The number of benzene rings is 2. The first kappa shape index (κ1) is 15.8. The number of nitrogens with one attached hydrogen (secondary N) is 1. The maximum Gasteiger partial charge on any atom is 0.263 e. The van der Waals surface area contributed by atoms with Gasteiger partial charge in [-0.15, -0.1) is 0 Å². The number of rotatable bonds is 4. The zero-order chi connectivity index (χ0) is 17.1. The molecule has 1 amide bonds. The molecule has 1 aliphatic rings. The fraction of sp³-hybridized carbons (Fsp3) is 0.200. The molecule has 0 aliphatic carbocycles. The van der Waals surface area contributed by atoms with Crippen LogP contribution in [0.5, 0.6) is 0 Å². The lowest BCUT2D eigenvalue weighted by Crippen LogP contribution is -2.30. The van der Waals surface area contributed by atoms with Crippen molar-refractivity contribution in [1.29, 1.82) is 0 Å². The Labute approximate surface area is 151 Å². The molecule has 2 heterocycles. The van der Waals surface area contributed by atoms with Crippen LogP contribution >= 0.6 is 11.3 Å². The van der Waals surface area contributed by atoms with E-state index in [1.807, 2.05) is 30.3 Å². The Kier molecular flexibility index (Phi) is 4.48. The number of carbonyl (C=O) groups is 1. The van der Waals surface area contributed by atoms with E-state index in [4.69, 9.17) is 0 Å². The van der Waals surface area contributed by atoms with Gasteiger partial charge in [0.2, 0.25) is 0 Å². The van der Waals surface area contributed by atoms with Crippen molar-refractivity contribution in [1.82, 2.24) is 10.3 Å². The van der Waals surface area contributed by atoms with E-state index in [-0.39, 0.29) is 5.91 Å². The van der Waals surface area contributed by atoms with Crippen molar-refractivity contribution in [2.45, 2.75) is 19.5 Å². The largest absolute Gasteiger partial charge is 0.347 e. The maximum absolute atomic E-state index is 12.4. The lowest BCUT2D eigenvalue weighted by atomic mass is 10.0. The van der Waals surface area contributed by atoms with Crippen molar-refractivity contribution in [3.05, 3.63) is 82.4 Å². The molecule has 0 bridgehead atoms. The minimum absolute atomic E-state index is 0.0648. The summed E-state index contributed by atoms with van der Waals surface area (Å²) in [6.45, 7) is 2.33. The number of thiazole rings is 1. The molecule has 0 unspecified atom stereocenters. The molecule has 1 aromatic heterocycles.